The number of hydrogen-bond donors (Lipinski definition) is 2. The van der Waals surface area contributed by atoms with E-state index in [2.05, 4.69) is 27.4 Å². The minimum absolute atomic E-state index is 0.385. The summed E-state index contributed by atoms with van der Waals surface area (Å²) in [5, 5.41) is 14.1. The van der Waals surface area contributed by atoms with Crippen LogP contribution in [0.1, 0.15) is 0 Å². The van der Waals surface area contributed by atoms with Gasteiger partial charge in [-0.05, 0) is 18.2 Å². The number of anilines is 2. The van der Waals surface area contributed by atoms with Gasteiger partial charge in [0.05, 0.1) is 0 Å². The van der Waals surface area contributed by atoms with E-state index >= 15 is 0 Å². The highest BCUT2D eigenvalue weighted by atomic mass is 35.5. The van der Waals surface area contributed by atoms with Gasteiger partial charge in [0.15, 0.2) is 4.34 Å². The number of thioether (sulfide) groups is 1. The molecule has 20 heavy (non-hydrogen) atoms. The van der Waals surface area contributed by atoms with Gasteiger partial charge in [-0.2, -0.15) is 0 Å². The van der Waals surface area contributed by atoms with Gasteiger partial charge in [0.25, 0.3) is 0 Å². The molecule has 0 unspecified atom stereocenters. The summed E-state index contributed by atoms with van der Waals surface area (Å²) in [5.74, 6) is 0.753. The minimum Gasteiger partial charge on any atom is -0.308 e. The van der Waals surface area contributed by atoms with Crippen LogP contribution < -0.4 is 10.6 Å². The average molecular weight is 327 g/mol. The van der Waals surface area contributed by atoms with Gasteiger partial charge in [0, 0.05) is 16.5 Å². The third-order valence-electron chi connectivity index (χ3n) is 2.03. The molecular weight excluding hydrogens is 316 g/mol. The number of benzene rings is 1. The Morgan fingerprint density at radius 1 is 1.45 bits per heavy atom. The molecule has 2 rings (SSSR count). The van der Waals surface area contributed by atoms with Crippen LogP contribution in [0, 0.1) is 0 Å². The van der Waals surface area contributed by atoms with Gasteiger partial charge in [-0.3, -0.25) is 5.32 Å². The van der Waals surface area contributed by atoms with E-state index in [0.717, 1.165) is 10.1 Å². The fourth-order valence-electron chi connectivity index (χ4n) is 1.27. The van der Waals surface area contributed by atoms with Gasteiger partial charge in [-0.15, -0.1) is 16.8 Å². The largest absolute Gasteiger partial charge is 0.325 e. The van der Waals surface area contributed by atoms with Gasteiger partial charge >= 0.3 is 6.03 Å². The molecule has 0 radical (unpaired) electrons. The lowest BCUT2D eigenvalue weighted by atomic mass is 10.3. The van der Waals surface area contributed by atoms with E-state index < -0.39 is 0 Å². The Hall–Kier alpha value is -1.57. The molecule has 1 heterocycles. The molecule has 0 saturated carbocycles. The smallest absolute Gasteiger partial charge is 0.308 e. The van der Waals surface area contributed by atoms with E-state index in [-0.39, 0.29) is 6.03 Å². The molecule has 0 bridgehead atoms. The lowest BCUT2D eigenvalue weighted by Crippen LogP contribution is -2.19. The molecule has 8 heteroatoms. The summed E-state index contributed by atoms with van der Waals surface area (Å²) in [6.45, 7) is 3.63. The second-order valence-electron chi connectivity index (χ2n) is 3.56. The highest BCUT2D eigenvalue weighted by Gasteiger charge is 2.08. The summed E-state index contributed by atoms with van der Waals surface area (Å²) < 4.78 is 0.781. The Labute approximate surface area is 129 Å². The molecule has 2 amide bonds. The van der Waals surface area contributed by atoms with Crippen molar-refractivity contribution in [2.24, 2.45) is 0 Å². The normalized spacial score (nSPS) is 10.1. The summed E-state index contributed by atoms with van der Waals surface area (Å²) in [5.41, 5.74) is 0.612. The van der Waals surface area contributed by atoms with Crippen molar-refractivity contribution >= 4 is 51.5 Å². The molecule has 2 aromatic rings. The van der Waals surface area contributed by atoms with Crippen LogP contribution in [-0.4, -0.2) is 22.0 Å². The standard InChI is InChI=1S/C12H11ClN4OS2/c1-2-6-19-12-17-16-11(20-12)15-10(18)14-9-5-3-4-8(13)7-9/h2-5,7H,1,6H2,(H2,14,15,16,18). The molecule has 5 nitrogen and oxygen atoms in total. The maximum atomic E-state index is 11.8. The quantitative estimate of drug-likeness (QED) is 0.493. The molecule has 0 aliphatic carbocycles. The number of aromatic nitrogens is 2. The fraction of sp³-hybridized carbons (Fsp3) is 0.0833. The molecule has 1 aromatic carbocycles. The number of carbonyl (C=O) groups is 1. The molecule has 2 N–H and O–H groups in total. The van der Waals surface area contributed by atoms with E-state index in [1.165, 1.54) is 23.1 Å². The summed E-state index contributed by atoms with van der Waals surface area (Å²) >= 11 is 8.66. The molecule has 0 atom stereocenters. The van der Waals surface area contributed by atoms with Gasteiger partial charge in [-0.25, -0.2) is 4.79 Å². The summed E-state index contributed by atoms with van der Waals surface area (Å²) in [4.78, 5) is 11.8. The first-order valence-electron chi connectivity index (χ1n) is 5.58. The Morgan fingerprint density at radius 2 is 2.30 bits per heavy atom. The molecule has 0 aliphatic rings. The van der Waals surface area contributed by atoms with Crippen LogP contribution >= 0.6 is 34.7 Å². The van der Waals surface area contributed by atoms with Crippen LogP contribution in [-0.2, 0) is 0 Å². The molecule has 0 saturated heterocycles. The van der Waals surface area contributed by atoms with Crippen LogP contribution in [0.25, 0.3) is 0 Å². The first-order valence-corrected chi connectivity index (χ1v) is 7.76. The first-order chi connectivity index (χ1) is 9.67. The van der Waals surface area contributed by atoms with Crippen molar-refractivity contribution in [1.29, 1.82) is 0 Å². The van der Waals surface area contributed by atoms with Crippen LogP contribution in [0.4, 0.5) is 15.6 Å². The van der Waals surface area contributed by atoms with Gasteiger partial charge in [-0.1, -0.05) is 46.8 Å². The molecule has 0 fully saturated rings. The highest BCUT2D eigenvalue weighted by Crippen LogP contribution is 2.25. The fourth-order valence-corrected chi connectivity index (χ4v) is 2.97. The third kappa shape index (κ3) is 4.52. The van der Waals surface area contributed by atoms with Crippen molar-refractivity contribution in [3.8, 4) is 0 Å². The predicted molar refractivity (Wildman–Crippen MR) is 84.9 cm³/mol. The number of nitrogens with zero attached hydrogens (tertiary/aromatic N) is 2. The van der Waals surface area contributed by atoms with Gasteiger partial charge in [0.1, 0.15) is 0 Å². The average Bonchev–Trinajstić information content (AvgIpc) is 2.83. The Kier molecular flexibility index (Phi) is 5.40. The maximum absolute atomic E-state index is 11.8. The van der Waals surface area contributed by atoms with Crippen molar-refractivity contribution in [3.05, 3.63) is 41.9 Å². The highest BCUT2D eigenvalue weighted by molar-refractivity contribution is 8.01. The minimum atomic E-state index is -0.385. The van der Waals surface area contributed by atoms with Gasteiger partial charge in [0.2, 0.25) is 5.13 Å². The van der Waals surface area contributed by atoms with Crippen molar-refractivity contribution in [2.45, 2.75) is 4.34 Å². The number of amides is 2. The van der Waals surface area contributed by atoms with Crippen molar-refractivity contribution in [2.75, 3.05) is 16.4 Å². The zero-order valence-electron chi connectivity index (χ0n) is 10.3. The van der Waals surface area contributed by atoms with Crippen LogP contribution in [0.2, 0.25) is 5.02 Å². The number of urea groups is 1. The number of nitrogens with one attached hydrogen (secondary N) is 2. The van der Waals surface area contributed by atoms with Crippen molar-refractivity contribution in [3.63, 3.8) is 0 Å². The Bertz CT molecular complexity index is 617. The molecule has 1 aromatic heterocycles. The zero-order chi connectivity index (χ0) is 14.4. The molecule has 0 aliphatic heterocycles. The number of carbonyl (C=O) groups excluding carboxylic acids is 1. The molecule has 0 spiro atoms. The Balaban J connectivity index is 1.91. The monoisotopic (exact) mass is 326 g/mol. The van der Waals surface area contributed by atoms with Crippen molar-refractivity contribution in [1.82, 2.24) is 10.2 Å². The number of hydrogen-bond acceptors (Lipinski definition) is 5. The van der Waals surface area contributed by atoms with Crippen LogP contribution in [0.5, 0.6) is 0 Å². The van der Waals surface area contributed by atoms with E-state index in [0.29, 0.717) is 15.8 Å². The Morgan fingerprint density at radius 3 is 3.05 bits per heavy atom. The molecular formula is C12H11ClN4OS2. The summed E-state index contributed by atoms with van der Waals surface area (Å²) in [6.07, 6.45) is 1.78. The summed E-state index contributed by atoms with van der Waals surface area (Å²) in [6, 6.07) is 6.51. The van der Waals surface area contributed by atoms with E-state index in [1.807, 2.05) is 0 Å². The zero-order valence-corrected chi connectivity index (χ0v) is 12.7. The second kappa shape index (κ2) is 7.28. The predicted octanol–water partition coefficient (Wildman–Crippen LogP) is 4.11. The third-order valence-corrected chi connectivity index (χ3v) is 4.24. The summed E-state index contributed by atoms with van der Waals surface area (Å²) in [7, 11) is 0. The van der Waals surface area contributed by atoms with Gasteiger partial charge < -0.3 is 5.32 Å². The maximum Gasteiger partial charge on any atom is 0.325 e. The lowest BCUT2D eigenvalue weighted by Gasteiger charge is -2.04. The lowest BCUT2D eigenvalue weighted by molar-refractivity contribution is 0.262. The number of rotatable bonds is 5. The van der Waals surface area contributed by atoms with E-state index in [1.54, 1.807) is 30.3 Å². The number of halogens is 1. The first kappa shape index (κ1) is 14.8. The second-order valence-corrected chi connectivity index (χ2v) is 6.24. The van der Waals surface area contributed by atoms with Crippen LogP contribution in [0.3, 0.4) is 0 Å². The topological polar surface area (TPSA) is 66.9 Å². The van der Waals surface area contributed by atoms with Crippen LogP contribution in [0.15, 0.2) is 41.3 Å². The molecule has 104 valence electrons. The SMILES string of the molecule is C=CCSc1nnc(NC(=O)Nc2cccc(Cl)c2)s1. The van der Waals surface area contributed by atoms with E-state index in [4.69, 9.17) is 11.6 Å². The van der Waals surface area contributed by atoms with Crippen molar-refractivity contribution < 1.29 is 4.79 Å². The van der Waals surface area contributed by atoms with E-state index in [9.17, 15) is 4.79 Å².